The number of rotatable bonds is 8. The van der Waals surface area contributed by atoms with Crippen LogP contribution in [0.1, 0.15) is 24.0 Å². The number of Topliss-reactive ketones (excluding diaryl/α,β-unsaturated/α-hetero) is 1. The van der Waals surface area contributed by atoms with Crippen LogP contribution in [0.4, 0.5) is 10.1 Å². The number of nitrogens with zero attached hydrogens (tertiary/aromatic N) is 3. The maximum Gasteiger partial charge on any atom is 0.258 e. The van der Waals surface area contributed by atoms with Crippen LogP contribution in [-0.4, -0.2) is 67.3 Å². The van der Waals surface area contributed by atoms with E-state index >= 15 is 0 Å². The van der Waals surface area contributed by atoms with Gasteiger partial charge in [-0.05, 0) is 54.8 Å². The normalized spacial score (nSPS) is 16.5. The summed E-state index contributed by atoms with van der Waals surface area (Å²) < 4.78 is 13.2. The van der Waals surface area contributed by atoms with Crippen molar-refractivity contribution >= 4 is 23.0 Å². The van der Waals surface area contributed by atoms with Gasteiger partial charge in [-0.15, -0.1) is 0 Å². The molecule has 2 aliphatic heterocycles. The average Bonchev–Trinajstić information content (AvgIpc) is 3.21. The molecule has 2 aliphatic rings. The van der Waals surface area contributed by atoms with Gasteiger partial charge in [-0.25, -0.2) is 4.39 Å². The summed E-state index contributed by atoms with van der Waals surface area (Å²) in [5.41, 5.74) is 3.85. The molecule has 0 atom stereocenters. The van der Waals surface area contributed by atoms with Gasteiger partial charge in [0.05, 0.1) is 12.1 Å². The number of likely N-dealkylation sites (tertiary alicyclic amines) is 1. The molecule has 0 aliphatic carbocycles. The number of carbonyl (C=O) groups is 2. The molecule has 37 heavy (non-hydrogen) atoms. The van der Waals surface area contributed by atoms with Crippen LogP contribution in [0.5, 0.6) is 0 Å². The van der Waals surface area contributed by atoms with E-state index < -0.39 is 0 Å². The number of amides is 1. The fourth-order valence-electron chi connectivity index (χ4n) is 5.21. The summed E-state index contributed by atoms with van der Waals surface area (Å²) >= 11 is 0. The van der Waals surface area contributed by atoms with Crippen LogP contribution in [0, 0.1) is 5.82 Å². The number of halogens is 1. The van der Waals surface area contributed by atoms with Crippen molar-refractivity contribution in [3.63, 3.8) is 0 Å². The lowest BCUT2D eigenvalue weighted by atomic mass is 9.92. The Morgan fingerprint density at radius 1 is 0.703 bits per heavy atom. The topological polar surface area (TPSA) is 43.9 Å². The molecule has 0 bridgehead atoms. The van der Waals surface area contributed by atoms with Gasteiger partial charge in [0, 0.05) is 44.0 Å². The van der Waals surface area contributed by atoms with E-state index in [0.717, 1.165) is 68.0 Å². The minimum atomic E-state index is -0.209. The van der Waals surface area contributed by atoms with Gasteiger partial charge in [0.15, 0.2) is 5.78 Å². The molecule has 0 saturated carbocycles. The Morgan fingerprint density at radius 3 is 1.86 bits per heavy atom. The number of piperazine rings is 1. The fourth-order valence-corrected chi connectivity index (χ4v) is 5.21. The lowest BCUT2D eigenvalue weighted by Crippen LogP contribution is -2.46. The second-order valence-corrected chi connectivity index (χ2v) is 9.64. The van der Waals surface area contributed by atoms with E-state index in [1.54, 1.807) is 4.90 Å². The molecular weight excluding hydrogens is 465 g/mol. The van der Waals surface area contributed by atoms with Crippen LogP contribution in [0.25, 0.3) is 5.57 Å². The Labute approximate surface area is 217 Å². The second-order valence-electron chi connectivity index (χ2n) is 9.64. The van der Waals surface area contributed by atoms with E-state index in [9.17, 15) is 14.0 Å². The van der Waals surface area contributed by atoms with Crippen molar-refractivity contribution < 1.29 is 14.0 Å². The summed E-state index contributed by atoms with van der Waals surface area (Å²) in [6.45, 7) is 5.45. The number of carbonyl (C=O) groups excluding carboxylic acids is 2. The van der Waals surface area contributed by atoms with Gasteiger partial charge in [0.2, 0.25) is 0 Å². The third kappa shape index (κ3) is 5.81. The molecule has 3 aromatic carbocycles. The summed E-state index contributed by atoms with van der Waals surface area (Å²) in [4.78, 5) is 32.9. The summed E-state index contributed by atoms with van der Waals surface area (Å²) in [7, 11) is 0. The van der Waals surface area contributed by atoms with Crippen LogP contribution in [0.15, 0.2) is 90.5 Å². The molecule has 3 aromatic rings. The minimum absolute atomic E-state index is 0.107. The molecule has 1 amide bonds. The Kier molecular flexibility index (Phi) is 7.76. The number of ketones is 1. The van der Waals surface area contributed by atoms with Crippen molar-refractivity contribution in [2.75, 3.05) is 50.7 Å². The van der Waals surface area contributed by atoms with Gasteiger partial charge >= 0.3 is 0 Å². The van der Waals surface area contributed by atoms with Gasteiger partial charge in [-0.3, -0.25) is 14.5 Å². The average molecular weight is 498 g/mol. The van der Waals surface area contributed by atoms with Crippen LogP contribution in [-0.2, 0) is 9.59 Å². The highest BCUT2D eigenvalue weighted by Crippen LogP contribution is 2.31. The zero-order chi connectivity index (χ0) is 25.6. The van der Waals surface area contributed by atoms with Crippen LogP contribution in [0.2, 0.25) is 0 Å². The first kappa shape index (κ1) is 24.9. The molecule has 0 aromatic heterocycles. The molecule has 5 rings (SSSR count). The molecule has 5 nitrogen and oxygen atoms in total. The molecule has 2 heterocycles. The quantitative estimate of drug-likeness (QED) is 0.258. The predicted molar refractivity (Wildman–Crippen MR) is 145 cm³/mol. The van der Waals surface area contributed by atoms with Gasteiger partial charge in [-0.1, -0.05) is 60.7 Å². The summed E-state index contributed by atoms with van der Waals surface area (Å²) in [5.74, 6) is -0.482. The molecule has 0 N–H and O–H groups in total. The number of benzene rings is 3. The Hall–Kier alpha value is -3.77. The number of hydrogen-bond acceptors (Lipinski definition) is 4. The van der Waals surface area contributed by atoms with Gasteiger partial charge in [0.1, 0.15) is 5.82 Å². The molecule has 2 saturated heterocycles. The van der Waals surface area contributed by atoms with E-state index in [1.807, 2.05) is 72.8 Å². The van der Waals surface area contributed by atoms with Crippen molar-refractivity contribution in [1.82, 2.24) is 9.80 Å². The van der Waals surface area contributed by atoms with Gasteiger partial charge in [0.25, 0.3) is 5.91 Å². The largest absolute Gasteiger partial charge is 0.369 e. The molecule has 2 fully saturated rings. The second kappa shape index (κ2) is 11.5. The summed E-state index contributed by atoms with van der Waals surface area (Å²) in [6, 6.07) is 26.1. The molecule has 0 radical (unpaired) electrons. The standard InChI is InChI=1S/C31H32FN3O2/c32-26-13-15-27(16-14-26)34-21-19-33(20-22-34)17-7-8-18-35-23-28(36)30(31(35)37)29(24-9-3-1-4-10-24)25-11-5-2-6-12-25/h1-6,9-16H,7-8,17-23H2. The van der Waals surface area contributed by atoms with Crippen LogP contribution < -0.4 is 4.90 Å². The minimum Gasteiger partial charge on any atom is -0.369 e. The Morgan fingerprint density at radius 2 is 1.27 bits per heavy atom. The SMILES string of the molecule is O=C1CN(CCCCN2CCN(c3ccc(F)cc3)CC2)C(=O)C1=C(c1ccccc1)c1ccccc1. The van der Waals surface area contributed by atoms with Crippen molar-refractivity contribution in [3.8, 4) is 0 Å². The molecular formula is C31H32FN3O2. The van der Waals surface area contributed by atoms with Crippen molar-refractivity contribution in [2.45, 2.75) is 12.8 Å². The van der Waals surface area contributed by atoms with E-state index in [0.29, 0.717) is 12.1 Å². The number of anilines is 1. The van der Waals surface area contributed by atoms with Crippen molar-refractivity contribution in [2.24, 2.45) is 0 Å². The molecule has 0 spiro atoms. The first-order valence-corrected chi connectivity index (χ1v) is 13.0. The van der Waals surface area contributed by atoms with E-state index in [2.05, 4.69) is 9.80 Å². The zero-order valence-electron chi connectivity index (χ0n) is 21.0. The maximum atomic E-state index is 13.4. The lowest BCUT2D eigenvalue weighted by molar-refractivity contribution is -0.124. The monoisotopic (exact) mass is 497 g/mol. The van der Waals surface area contributed by atoms with Crippen molar-refractivity contribution in [3.05, 3.63) is 107 Å². The Bertz CT molecular complexity index is 1210. The lowest BCUT2D eigenvalue weighted by Gasteiger charge is -2.36. The maximum absolute atomic E-state index is 13.4. The summed E-state index contributed by atoms with van der Waals surface area (Å²) in [6.07, 6.45) is 1.83. The predicted octanol–water partition coefficient (Wildman–Crippen LogP) is 4.64. The van der Waals surface area contributed by atoms with E-state index in [1.165, 1.54) is 12.1 Å². The van der Waals surface area contributed by atoms with E-state index in [4.69, 9.17) is 0 Å². The fraction of sp³-hybridized carbons (Fsp3) is 0.290. The highest BCUT2D eigenvalue weighted by molar-refractivity contribution is 6.30. The summed E-state index contributed by atoms with van der Waals surface area (Å²) in [5, 5.41) is 0. The molecule has 6 heteroatoms. The first-order valence-electron chi connectivity index (χ1n) is 13.0. The zero-order valence-corrected chi connectivity index (χ0v) is 21.0. The number of hydrogen-bond donors (Lipinski definition) is 0. The highest BCUT2D eigenvalue weighted by atomic mass is 19.1. The van der Waals surface area contributed by atoms with Crippen LogP contribution >= 0.6 is 0 Å². The number of unbranched alkanes of at least 4 members (excludes halogenated alkanes) is 1. The smallest absolute Gasteiger partial charge is 0.258 e. The van der Waals surface area contributed by atoms with Gasteiger partial charge in [-0.2, -0.15) is 0 Å². The van der Waals surface area contributed by atoms with Gasteiger partial charge < -0.3 is 9.80 Å². The molecule has 190 valence electrons. The third-order valence-corrected chi connectivity index (χ3v) is 7.21. The van der Waals surface area contributed by atoms with Crippen LogP contribution in [0.3, 0.4) is 0 Å². The Balaban J connectivity index is 1.17. The molecule has 0 unspecified atom stereocenters. The van der Waals surface area contributed by atoms with E-state index in [-0.39, 0.29) is 24.1 Å². The first-order chi connectivity index (χ1) is 18.1. The highest BCUT2D eigenvalue weighted by Gasteiger charge is 2.36. The van der Waals surface area contributed by atoms with Crippen molar-refractivity contribution in [1.29, 1.82) is 0 Å². The third-order valence-electron chi connectivity index (χ3n) is 7.21.